The normalized spacial score (nSPS) is 18.2. The molecule has 2 saturated heterocycles. The number of amides is 1. The molecule has 5 aromatic rings. The molecule has 3 aliphatic rings. The number of rotatable bonds is 9. The van der Waals surface area contributed by atoms with Gasteiger partial charge in [-0.1, -0.05) is 43.3 Å². The average molecular weight is 755 g/mol. The number of benzene rings is 2. The predicted octanol–water partition coefficient (Wildman–Crippen LogP) is 4.11. The van der Waals surface area contributed by atoms with Crippen LogP contribution in [0, 0.1) is 18.6 Å². The molecule has 2 aliphatic heterocycles. The van der Waals surface area contributed by atoms with E-state index in [2.05, 4.69) is 20.1 Å². The summed E-state index contributed by atoms with van der Waals surface area (Å²) in [6.07, 6.45) is 2.71. The molecule has 5 heterocycles. The molecule has 1 atom stereocenters. The number of hydrogen-bond acceptors (Lipinski definition) is 10. The number of carboxylic acids is 1. The number of halogens is 2. The highest BCUT2D eigenvalue weighted by atomic mass is 19.2. The van der Waals surface area contributed by atoms with Crippen molar-refractivity contribution in [3.8, 4) is 17.1 Å². The molecule has 1 unspecified atom stereocenters. The Morgan fingerprint density at radius 1 is 1.02 bits per heavy atom. The minimum atomic E-state index is -1.17. The molecule has 0 radical (unpaired) electrons. The monoisotopic (exact) mass is 754 g/mol. The number of carbonyl (C=O) groups excluding carboxylic acids is 1. The highest BCUT2D eigenvalue weighted by Gasteiger charge is 2.49. The molecule has 16 heteroatoms. The fourth-order valence-corrected chi connectivity index (χ4v) is 8.42. The molecule has 286 valence electrons. The van der Waals surface area contributed by atoms with Crippen molar-refractivity contribution in [3.63, 3.8) is 0 Å². The van der Waals surface area contributed by atoms with Gasteiger partial charge in [0.2, 0.25) is 5.78 Å². The minimum Gasteiger partial charge on any atom is -0.485 e. The lowest BCUT2D eigenvalue weighted by molar-refractivity contribution is -0.137. The molecule has 8 rings (SSSR count). The summed E-state index contributed by atoms with van der Waals surface area (Å²) in [5, 5.41) is 14.4. The van der Waals surface area contributed by atoms with Crippen LogP contribution in [0.25, 0.3) is 17.2 Å². The topological polar surface area (TPSA) is 157 Å². The van der Waals surface area contributed by atoms with Gasteiger partial charge in [-0.2, -0.15) is 9.50 Å². The van der Waals surface area contributed by atoms with Gasteiger partial charge in [0.25, 0.3) is 11.5 Å². The molecule has 0 saturated carbocycles. The van der Waals surface area contributed by atoms with Crippen LogP contribution in [-0.4, -0.2) is 95.3 Å². The lowest BCUT2D eigenvalue weighted by Gasteiger charge is -2.39. The average Bonchev–Trinajstić information content (AvgIpc) is 3.75. The predicted molar refractivity (Wildman–Crippen MR) is 194 cm³/mol. The summed E-state index contributed by atoms with van der Waals surface area (Å²) in [7, 11) is 0. The van der Waals surface area contributed by atoms with E-state index in [1.165, 1.54) is 23.0 Å². The zero-order valence-electron chi connectivity index (χ0n) is 30.5. The van der Waals surface area contributed by atoms with Crippen LogP contribution in [-0.2, 0) is 34.6 Å². The second kappa shape index (κ2) is 14.6. The number of likely N-dealkylation sites (tertiary alicyclic amines) is 1. The molecule has 1 aliphatic carbocycles. The molecule has 0 bridgehead atoms. The van der Waals surface area contributed by atoms with Gasteiger partial charge in [0.15, 0.2) is 28.9 Å². The fourth-order valence-electron chi connectivity index (χ4n) is 8.42. The van der Waals surface area contributed by atoms with Crippen LogP contribution in [0.15, 0.2) is 53.6 Å². The van der Waals surface area contributed by atoms with E-state index < -0.39 is 35.1 Å². The first-order valence-corrected chi connectivity index (χ1v) is 18.4. The van der Waals surface area contributed by atoms with E-state index in [4.69, 9.17) is 9.47 Å². The highest BCUT2D eigenvalue weighted by Crippen LogP contribution is 2.50. The van der Waals surface area contributed by atoms with E-state index in [0.29, 0.717) is 81.4 Å². The van der Waals surface area contributed by atoms with Crippen LogP contribution >= 0.6 is 0 Å². The van der Waals surface area contributed by atoms with Crippen LogP contribution in [0.2, 0.25) is 0 Å². The maximum absolute atomic E-state index is 15.7. The van der Waals surface area contributed by atoms with E-state index in [1.54, 1.807) is 11.8 Å². The number of aromatic nitrogens is 6. The zero-order chi connectivity index (χ0) is 38.4. The second-order valence-corrected chi connectivity index (χ2v) is 14.6. The van der Waals surface area contributed by atoms with Crippen LogP contribution < -0.4 is 10.3 Å². The van der Waals surface area contributed by atoms with Gasteiger partial charge in [-0.3, -0.25) is 19.3 Å². The van der Waals surface area contributed by atoms with Crippen molar-refractivity contribution in [1.82, 2.24) is 38.9 Å². The smallest absolute Gasteiger partial charge is 0.323 e. The zero-order valence-corrected chi connectivity index (χ0v) is 30.5. The van der Waals surface area contributed by atoms with Gasteiger partial charge in [0.05, 0.1) is 24.5 Å². The van der Waals surface area contributed by atoms with Gasteiger partial charge >= 0.3 is 5.97 Å². The summed E-state index contributed by atoms with van der Waals surface area (Å²) in [6.45, 7) is 6.40. The third kappa shape index (κ3) is 6.62. The first-order valence-electron chi connectivity index (χ1n) is 18.4. The number of ether oxygens (including phenoxy) is 2. The largest absolute Gasteiger partial charge is 0.485 e. The summed E-state index contributed by atoms with van der Waals surface area (Å²) in [6, 6.07) is 12.4. The van der Waals surface area contributed by atoms with Crippen molar-refractivity contribution in [3.05, 3.63) is 105 Å². The number of nitrogens with zero attached hydrogens (tertiary/aromatic N) is 8. The van der Waals surface area contributed by atoms with Gasteiger partial charge in [-0.15, -0.1) is 5.10 Å². The molecule has 14 nitrogen and oxygen atoms in total. The molecule has 2 aromatic carbocycles. The van der Waals surface area contributed by atoms with Gasteiger partial charge in [-0.25, -0.2) is 18.7 Å². The molecule has 3 aromatic heterocycles. The van der Waals surface area contributed by atoms with Crippen molar-refractivity contribution in [1.29, 1.82) is 0 Å². The molecule has 1 amide bonds. The van der Waals surface area contributed by atoms with Gasteiger partial charge < -0.3 is 24.0 Å². The first-order chi connectivity index (χ1) is 26.5. The highest BCUT2D eigenvalue weighted by molar-refractivity contribution is 5.95. The SMILES string of the molecule is Cc1ncnc(C(=O)N2CCC3(CC2)CC(C)c2c3c(=O)n3nc(-c4ccc(CN5CCOCC5)c(F)c4F)nc3n2CC(=O)O)c1OCc1ccccc1. The number of morpholine rings is 1. The number of carbonyl (C=O) groups is 2. The maximum atomic E-state index is 15.7. The van der Waals surface area contributed by atoms with E-state index in [-0.39, 0.29) is 53.4 Å². The number of aryl methyl sites for hydroxylation is 1. The Bertz CT molecular complexity index is 2350. The summed E-state index contributed by atoms with van der Waals surface area (Å²) >= 11 is 0. The first kappa shape index (κ1) is 36.4. The van der Waals surface area contributed by atoms with Crippen molar-refractivity contribution in [2.45, 2.75) is 64.1 Å². The van der Waals surface area contributed by atoms with Crippen molar-refractivity contribution >= 4 is 17.7 Å². The molecular weight excluding hydrogens is 714 g/mol. The Morgan fingerprint density at radius 3 is 2.49 bits per heavy atom. The summed E-state index contributed by atoms with van der Waals surface area (Å²) in [5.74, 6) is -3.92. The Morgan fingerprint density at radius 2 is 1.76 bits per heavy atom. The second-order valence-electron chi connectivity index (χ2n) is 14.6. The van der Waals surface area contributed by atoms with Crippen molar-refractivity contribution in [2.24, 2.45) is 0 Å². The lowest BCUT2D eigenvalue weighted by Crippen LogP contribution is -2.47. The summed E-state index contributed by atoms with van der Waals surface area (Å²) < 4.78 is 45.0. The number of hydrogen-bond donors (Lipinski definition) is 1. The molecular formula is C39H40F2N8O6. The number of fused-ring (bicyclic) bond motifs is 3. The maximum Gasteiger partial charge on any atom is 0.323 e. The van der Waals surface area contributed by atoms with Gasteiger partial charge in [0, 0.05) is 55.0 Å². The van der Waals surface area contributed by atoms with Crippen LogP contribution in [0.3, 0.4) is 0 Å². The minimum absolute atomic E-state index is 0.0722. The Balaban J connectivity index is 1.10. The van der Waals surface area contributed by atoms with Crippen LogP contribution in [0.4, 0.5) is 8.78 Å². The third-order valence-electron chi connectivity index (χ3n) is 11.1. The Hall–Kier alpha value is -5.61. The third-order valence-corrected chi connectivity index (χ3v) is 11.1. The quantitative estimate of drug-likeness (QED) is 0.231. The lowest BCUT2D eigenvalue weighted by atomic mass is 9.73. The van der Waals surface area contributed by atoms with Gasteiger partial charge in [0.1, 0.15) is 19.5 Å². The summed E-state index contributed by atoms with van der Waals surface area (Å²) in [5.41, 5.74) is 1.27. The van der Waals surface area contributed by atoms with Gasteiger partial charge in [-0.05, 0) is 43.7 Å². The van der Waals surface area contributed by atoms with E-state index in [0.717, 1.165) is 10.1 Å². The number of piperidine rings is 1. The number of aliphatic carboxylic acids is 1. The van der Waals surface area contributed by atoms with Crippen molar-refractivity contribution < 1.29 is 33.0 Å². The van der Waals surface area contributed by atoms with E-state index in [9.17, 15) is 19.5 Å². The van der Waals surface area contributed by atoms with Crippen LogP contribution in [0.5, 0.6) is 5.75 Å². The molecule has 1 spiro atoms. The summed E-state index contributed by atoms with van der Waals surface area (Å²) in [4.78, 5) is 57.3. The number of carboxylic acid groups (broad SMARTS) is 1. The van der Waals surface area contributed by atoms with E-state index >= 15 is 8.78 Å². The van der Waals surface area contributed by atoms with Crippen LogP contribution in [0.1, 0.15) is 70.7 Å². The molecule has 2 fully saturated rings. The fraction of sp³-hybridized carbons (Fsp3) is 0.410. The standard InChI is InChI=1S/C39H40F2N8O6/c1-23-18-39(10-12-47(13-11-39)37(53)32-34(24(2)42-22-43-32)55-21-25-6-4-3-5-7-25)29-33(23)48(20-28(50)51)38-44-35(45-49(38)36(29)52)27-9-8-26(30(40)31(27)41)19-46-14-16-54-17-15-46/h3-9,22-23H,10-21H2,1-2H3,(H,50,51). The Labute approximate surface area is 314 Å². The molecule has 1 N–H and O–H groups in total. The molecule has 55 heavy (non-hydrogen) atoms. The van der Waals surface area contributed by atoms with E-state index in [1.807, 2.05) is 42.2 Å². The van der Waals surface area contributed by atoms with Crippen molar-refractivity contribution in [2.75, 3.05) is 39.4 Å². The Kier molecular flexibility index (Phi) is 9.63.